The fourth-order valence-electron chi connectivity index (χ4n) is 1.84. The lowest BCUT2D eigenvalue weighted by molar-refractivity contribution is -0.138. The van der Waals surface area contributed by atoms with Gasteiger partial charge in [-0.05, 0) is 19.8 Å². The van der Waals surface area contributed by atoms with E-state index in [2.05, 4.69) is 6.92 Å². The van der Waals surface area contributed by atoms with Gasteiger partial charge in [-0.25, -0.2) is 0 Å². The van der Waals surface area contributed by atoms with E-state index >= 15 is 0 Å². The molecule has 0 radical (unpaired) electrons. The molecule has 2 nitrogen and oxygen atoms in total. The first-order valence-corrected chi connectivity index (χ1v) is 4.28. The van der Waals surface area contributed by atoms with Crippen LogP contribution in [-0.4, -0.2) is 12.6 Å². The van der Waals surface area contributed by atoms with Crippen LogP contribution in [-0.2, 0) is 9.53 Å². The Labute approximate surface area is 67.9 Å². The minimum Gasteiger partial charge on any atom is -0.464 e. The van der Waals surface area contributed by atoms with E-state index in [1.807, 2.05) is 6.92 Å². The largest absolute Gasteiger partial charge is 0.464 e. The van der Waals surface area contributed by atoms with Gasteiger partial charge < -0.3 is 4.74 Å². The summed E-state index contributed by atoms with van der Waals surface area (Å²) in [4.78, 5) is 10.1. The van der Waals surface area contributed by atoms with Crippen LogP contribution in [0.15, 0.2) is 0 Å². The third-order valence-corrected chi connectivity index (χ3v) is 2.99. The van der Waals surface area contributed by atoms with E-state index in [-0.39, 0.29) is 11.5 Å². The molecule has 0 saturated heterocycles. The number of carbonyl (C=O) groups is 1. The van der Waals surface area contributed by atoms with Gasteiger partial charge in [-0.2, -0.15) is 0 Å². The Balaban J connectivity index is 2.48. The van der Waals surface area contributed by atoms with E-state index in [1.165, 1.54) is 25.7 Å². The van der Waals surface area contributed by atoms with E-state index in [1.54, 1.807) is 0 Å². The first-order valence-electron chi connectivity index (χ1n) is 4.28. The summed E-state index contributed by atoms with van der Waals surface area (Å²) in [5, 5.41) is 0. The molecule has 11 heavy (non-hydrogen) atoms. The third-order valence-electron chi connectivity index (χ3n) is 2.99. The van der Waals surface area contributed by atoms with Gasteiger partial charge in [0.2, 0.25) is 0 Å². The molecule has 0 bridgehead atoms. The zero-order valence-electron chi connectivity index (χ0n) is 7.30. The summed E-state index contributed by atoms with van der Waals surface area (Å²) in [7, 11) is 0. The SMILES string of the molecule is CC(OC=O)C1(C)CCCC1. The lowest BCUT2D eigenvalue weighted by Crippen LogP contribution is -2.28. The molecule has 0 N–H and O–H groups in total. The van der Waals surface area contributed by atoms with Crippen LogP contribution in [0.2, 0.25) is 0 Å². The second-order valence-electron chi connectivity index (χ2n) is 3.74. The lowest BCUT2D eigenvalue weighted by atomic mass is 9.83. The van der Waals surface area contributed by atoms with Gasteiger partial charge >= 0.3 is 0 Å². The molecule has 1 fully saturated rings. The monoisotopic (exact) mass is 156 g/mol. The topological polar surface area (TPSA) is 26.3 Å². The molecule has 0 aliphatic heterocycles. The van der Waals surface area contributed by atoms with Crippen LogP contribution in [0, 0.1) is 5.41 Å². The molecule has 1 atom stereocenters. The summed E-state index contributed by atoms with van der Waals surface area (Å²) in [6.07, 6.45) is 5.04. The molecule has 0 heterocycles. The smallest absolute Gasteiger partial charge is 0.293 e. The zero-order chi connectivity index (χ0) is 8.32. The van der Waals surface area contributed by atoms with Crippen LogP contribution in [0.3, 0.4) is 0 Å². The van der Waals surface area contributed by atoms with Gasteiger partial charge in [-0.3, -0.25) is 4.79 Å². The average molecular weight is 156 g/mol. The highest BCUT2D eigenvalue weighted by atomic mass is 16.5. The fourth-order valence-corrected chi connectivity index (χ4v) is 1.84. The van der Waals surface area contributed by atoms with Crippen molar-refractivity contribution in [1.29, 1.82) is 0 Å². The van der Waals surface area contributed by atoms with E-state index in [0.29, 0.717) is 6.47 Å². The third kappa shape index (κ3) is 1.73. The van der Waals surface area contributed by atoms with Gasteiger partial charge in [-0.15, -0.1) is 0 Å². The van der Waals surface area contributed by atoms with Gasteiger partial charge in [0.05, 0.1) is 0 Å². The number of hydrogen-bond donors (Lipinski definition) is 0. The van der Waals surface area contributed by atoms with E-state index in [9.17, 15) is 4.79 Å². The van der Waals surface area contributed by atoms with E-state index < -0.39 is 0 Å². The van der Waals surface area contributed by atoms with Crippen molar-refractivity contribution in [2.75, 3.05) is 0 Å². The predicted octanol–water partition coefficient (Wildman–Crippen LogP) is 2.13. The quantitative estimate of drug-likeness (QED) is 0.585. The Morgan fingerprint density at radius 3 is 2.45 bits per heavy atom. The van der Waals surface area contributed by atoms with Crippen molar-refractivity contribution in [2.24, 2.45) is 5.41 Å². The molecule has 1 aliphatic carbocycles. The van der Waals surface area contributed by atoms with Crippen LogP contribution < -0.4 is 0 Å². The number of ether oxygens (including phenoxy) is 1. The van der Waals surface area contributed by atoms with Crippen LogP contribution >= 0.6 is 0 Å². The molecule has 0 spiro atoms. The van der Waals surface area contributed by atoms with Gasteiger partial charge in [0.15, 0.2) is 0 Å². The van der Waals surface area contributed by atoms with Crippen LogP contribution in [0.4, 0.5) is 0 Å². The Morgan fingerprint density at radius 1 is 1.45 bits per heavy atom. The van der Waals surface area contributed by atoms with Crippen molar-refractivity contribution in [3.8, 4) is 0 Å². The maximum atomic E-state index is 10.1. The van der Waals surface area contributed by atoms with E-state index in [4.69, 9.17) is 4.74 Å². The summed E-state index contributed by atoms with van der Waals surface area (Å²) in [6, 6.07) is 0. The Bertz CT molecular complexity index is 136. The molecule has 0 aromatic carbocycles. The van der Waals surface area contributed by atoms with Gasteiger partial charge in [0.25, 0.3) is 6.47 Å². The molecular formula is C9H16O2. The predicted molar refractivity (Wildman–Crippen MR) is 43.2 cm³/mol. The highest BCUT2D eigenvalue weighted by Crippen LogP contribution is 2.41. The van der Waals surface area contributed by atoms with E-state index in [0.717, 1.165) is 0 Å². The first kappa shape index (κ1) is 8.57. The van der Waals surface area contributed by atoms with Gasteiger partial charge in [0, 0.05) is 5.41 Å². The number of rotatable bonds is 3. The number of carbonyl (C=O) groups excluding carboxylic acids is 1. The molecule has 1 aliphatic rings. The summed E-state index contributed by atoms with van der Waals surface area (Å²) in [6.45, 7) is 4.75. The van der Waals surface area contributed by atoms with Gasteiger partial charge in [0.1, 0.15) is 6.10 Å². The summed E-state index contributed by atoms with van der Waals surface area (Å²) in [5.41, 5.74) is 0.251. The summed E-state index contributed by atoms with van der Waals surface area (Å²) in [5.74, 6) is 0. The molecule has 0 aromatic rings. The van der Waals surface area contributed by atoms with Crippen LogP contribution in [0.25, 0.3) is 0 Å². The first-order chi connectivity index (χ1) is 5.19. The summed E-state index contributed by atoms with van der Waals surface area (Å²) >= 11 is 0. The molecule has 0 aromatic heterocycles. The molecule has 64 valence electrons. The van der Waals surface area contributed by atoms with Crippen molar-refractivity contribution < 1.29 is 9.53 Å². The maximum Gasteiger partial charge on any atom is 0.293 e. The second kappa shape index (κ2) is 3.24. The Hall–Kier alpha value is -0.530. The highest BCUT2D eigenvalue weighted by molar-refractivity contribution is 5.37. The van der Waals surface area contributed by atoms with Crippen LogP contribution in [0.5, 0.6) is 0 Å². The Morgan fingerprint density at radius 2 is 2.00 bits per heavy atom. The summed E-state index contributed by atoms with van der Waals surface area (Å²) < 4.78 is 4.95. The van der Waals surface area contributed by atoms with Gasteiger partial charge in [-0.1, -0.05) is 19.8 Å². The van der Waals surface area contributed by atoms with Crippen LogP contribution in [0.1, 0.15) is 39.5 Å². The minimum atomic E-state index is 0.0856. The molecule has 1 rings (SSSR count). The zero-order valence-corrected chi connectivity index (χ0v) is 7.30. The van der Waals surface area contributed by atoms with Crippen molar-refractivity contribution in [3.63, 3.8) is 0 Å². The molecule has 1 saturated carbocycles. The standard InChI is InChI=1S/C9H16O2/c1-8(11-7-10)9(2)5-3-4-6-9/h7-8H,3-6H2,1-2H3. The number of hydrogen-bond acceptors (Lipinski definition) is 2. The van der Waals surface area contributed by atoms with Crippen molar-refractivity contribution in [2.45, 2.75) is 45.6 Å². The maximum absolute atomic E-state index is 10.1. The fraction of sp³-hybridized carbons (Fsp3) is 0.889. The second-order valence-corrected chi connectivity index (χ2v) is 3.74. The molecular weight excluding hydrogens is 140 g/mol. The highest BCUT2D eigenvalue weighted by Gasteiger charge is 2.35. The molecule has 0 amide bonds. The minimum absolute atomic E-state index is 0.0856. The van der Waals surface area contributed by atoms with Crippen molar-refractivity contribution in [3.05, 3.63) is 0 Å². The average Bonchev–Trinajstić information content (AvgIpc) is 2.38. The van der Waals surface area contributed by atoms with Crippen molar-refractivity contribution in [1.82, 2.24) is 0 Å². The Kier molecular flexibility index (Phi) is 2.53. The molecule has 1 unspecified atom stereocenters. The normalized spacial score (nSPS) is 24.5. The molecule has 2 heteroatoms. The van der Waals surface area contributed by atoms with Crippen molar-refractivity contribution >= 4 is 6.47 Å². The lowest BCUT2D eigenvalue weighted by Gasteiger charge is -2.29.